The van der Waals surface area contributed by atoms with Gasteiger partial charge in [0.15, 0.2) is 0 Å². The van der Waals surface area contributed by atoms with E-state index in [2.05, 4.69) is 48.6 Å². The molecule has 2 fully saturated rings. The first-order valence-electron chi connectivity index (χ1n) is 16.9. The molecular weight excluding hydrogens is 687 g/mol. The van der Waals surface area contributed by atoms with Crippen molar-refractivity contribution in [1.29, 1.82) is 0 Å². The number of anilines is 2. The van der Waals surface area contributed by atoms with Crippen molar-refractivity contribution < 1.29 is 27.6 Å². The van der Waals surface area contributed by atoms with E-state index >= 15 is 0 Å². The van der Waals surface area contributed by atoms with E-state index in [1.807, 2.05) is 28.8 Å². The van der Waals surface area contributed by atoms with Crippen LogP contribution >= 0.6 is 0 Å². The largest absolute Gasteiger partial charge is 0.416 e. The number of rotatable bonds is 6. The zero-order valence-electron chi connectivity index (χ0n) is 28.6. The number of imide groups is 1. The number of piperidine rings is 1. The zero-order valence-corrected chi connectivity index (χ0v) is 28.6. The van der Waals surface area contributed by atoms with Gasteiger partial charge in [-0.25, -0.2) is 4.68 Å². The summed E-state index contributed by atoms with van der Waals surface area (Å²) in [4.78, 5) is 45.0. The number of amides is 3. The topological polar surface area (TPSA) is 132 Å². The quantitative estimate of drug-likeness (QED) is 0.173. The van der Waals surface area contributed by atoms with Gasteiger partial charge in [-0.2, -0.15) is 23.4 Å². The van der Waals surface area contributed by atoms with Gasteiger partial charge in [-0.05, 0) is 74.9 Å². The lowest BCUT2D eigenvalue weighted by Crippen LogP contribution is -2.46. The second-order valence-electron chi connectivity index (χ2n) is 13.6. The normalized spacial score (nSPS) is 16.7. The third kappa shape index (κ3) is 6.15. The molecule has 1 unspecified atom stereocenters. The van der Waals surface area contributed by atoms with Gasteiger partial charge in [0.05, 0.1) is 51.2 Å². The minimum absolute atomic E-state index is 0.0751. The fraction of sp³-hybridized carbons (Fsp3) is 0.263. The van der Waals surface area contributed by atoms with Gasteiger partial charge in [-0.1, -0.05) is 11.8 Å². The highest BCUT2D eigenvalue weighted by atomic mass is 19.4. The van der Waals surface area contributed by atoms with Crippen LogP contribution < -0.4 is 15.5 Å². The van der Waals surface area contributed by atoms with Crippen molar-refractivity contribution in [2.75, 3.05) is 23.3 Å². The third-order valence-electron chi connectivity index (χ3n) is 9.77. The first-order chi connectivity index (χ1) is 25.4. The summed E-state index contributed by atoms with van der Waals surface area (Å²) < 4.78 is 45.1. The molecule has 0 radical (unpaired) electrons. The van der Waals surface area contributed by atoms with Gasteiger partial charge in [-0.15, -0.1) is 0 Å². The van der Waals surface area contributed by atoms with Crippen LogP contribution in [0.5, 0.6) is 0 Å². The first-order valence-corrected chi connectivity index (χ1v) is 16.9. The van der Waals surface area contributed by atoms with Crippen LogP contribution in [-0.4, -0.2) is 59.9 Å². The Kier molecular flexibility index (Phi) is 8.05. The van der Waals surface area contributed by atoms with Gasteiger partial charge in [0.2, 0.25) is 11.8 Å². The molecule has 53 heavy (non-hydrogen) atoms. The number of aromatic nitrogens is 6. The second kappa shape index (κ2) is 12.7. The van der Waals surface area contributed by atoms with E-state index in [9.17, 15) is 27.6 Å². The Morgan fingerprint density at radius 2 is 1.83 bits per heavy atom. The van der Waals surface area contributed by atoms with Crippen molar-refractivity contribution in [3.05, 3.63) is 96.7 Å². The van der Waals surface area contributed by atoms with Crippen LogP contribution in [0.2, 0.25) is 0 Å². The molecule has 4 aromatic heterocycles. The number of benzene rings is 2. The van der Waals surface area contributed by atoms with Crippen LogP contribution in [0.3, 0.4) is 0 Å². The lowest BCUT2D eigenvalue weighted by atomic mass is 9.99. The van der Waals surface area contributed by atoms with Crippen LogP contribution in [-0.2, 0) is 26.1 Å². The summed E-state index contributed by atoms with van der Waals surface area (Å²) in [6.45, 7) is 4.71. The molecule has 1 atom stereocenters. The predicted molar refractivity (Wildman–Crippen MR) is 190 cm³/mol. The van der Waals surface area contributed by atoms with Gasteiger partial charge in [-0.3, -0.25) is 29.4 Å². The average Bonchev–Trinajstić information content (AvgIpc) is 3.88. The van der Waals surface area contributed by atoms with Gasteiger partial charge >= 0.3 is 6.18 Å². The maximum absolute atomic E-state index is 13.5. The summed E-state index contributed by atoms with van der Waals surface area (Å²) in [7, 11) is 0. The van der Waals surface area contributed by atoms with Crippen molar-refractivity contribution in [2.24, 2.45) is 5.92 Å². The Labute approximate surface area is 300 Å². The Morgan fingerprint density at radius 1 is 1.00 bits per heavy atom. The molecule has 6 heterocycles. The number of pyridine rings is 1. The number of nitrogens with one attached hydrogen (secondary N) is 2. The van der Waals surface area contributed by atoms with E-state index in [0.29, 0.717) is 25.1 Å². The maximum atomic E-state index is 13.5. The molecule has 0 aliphatic carbocycles. The van der Waals surface area contributed by atoms with Gasteiger partial charge in [0, 0.05) is 55.4 Å². The van der Waals surface area contributed by atoms with Crippen molar-refractivity contribution in [3.63, 3.8) is 0 Å². The summed E-state index contributed by atoms with van der Waals surface area (Å²) in [6.07, 6.45) is 4.04. The van der Waals surface area contributed by atoms with E-state index in [-0.39, 0.29) is 35.5 Å². The summed E-state index contributed by atoms with van der Waals surface area (Å²) in [5, 5.41) is 14.6. The summed E-state index contributed by atoms with van der Waals surface area (Å²) in [5.41, 5.74) is 2.28. The fourth-order valence-electron chi connectivity index (χ4n) is 6.77. The van der Waals surface area contributed by atoms with Crippen molar-refractivity contribution in [2.45, 2.75) is 44.4 Å². The Morgan fingerprint density at radius 3 is 2.58 bits per heavy atom. The molecule has 2 aliphatic rings. The standard InChI is InChI=1S/C38H32F3N9O3/c1-37(2,36(53)45-28-10-8-25(38(39,40)41)17-32(28)48-16-4-15-43-48)49-22-23(19-44-49)6-7-24-20-47(21-24)26-9-11-29-27(18-26)34-30(5-3-14-42-34)50(29)31-12-13-33(51)46-35(31)52/h3-5,8-11,14-19,22,24,31H,12-13,20-21H2,1-2H3,(H,45,53)(H,46,51,52). The smallest absolute Gasteiger partial charge is 0.369 e. The van der Waals surface area contributed by atoms with Gasteiger partial charge in [0.1, 0.15) is 11.6 Å². The molecule has 0 saturated carbocycles. The van der Waals surface area contributed by atoms with E-state index in [1.54, 1.807) is 38.5 Å². The SMILES string of the molecule is CC(C)(C(=O)Nc1ccc(C(F)(F)F)cc1-n1cccn1)n1cc(C#CC2CN(c3ccc4c(c3)c3ncccc3n4C3CCC(=O)NC3=O)C2)cn1. The van der Waals surface area contributed by atoms with E-state index in [1.165, 1.54) is 27.8 Å². The maximum Gasteiger partial charge on any atom is 0.416 e. The molecule has 2 N–H and O–H groups in total. The van der Waals surface area contributed by atoms with Crippen molar-refractivity contribution in [3.8, 4) is 17.5 Å². The van der Waals surface area contributed by atoms with Crippen LogP contribution in [0.4, 0.5) is 24.5 Å². The van der Waals surface area contributed by atoms with Crippen molar-refractivity contribution in [1.82, 2.24) is 34.4 Å². The third-order valence-corrected chi connectivity index (χ3v) is 9.77. The molecule has 0 bridgehead atoms. The molecule has 268 valence electrons. The summed E-state index contributed by atoms with van der Waals surface area (Å²) >= 11 is 0. The van der Waals surface area contributed by atoms with Crippen LogP contribution in [0.15, 0.2) is 85.6 Å². The predicted octanol–water partition coefficient (Wildman–Crippen LogP) is 5.43. The van der Waals surface area contributed by atoms with Crippen molar-refractivity contribution >= 4 is 51.0 Å². The second-order valence-corrected chi connectivity index (χ2v) is 13.6. The Balaban J connectivity index is 0.953. The van der Waals surface area contributed by atoms with Crippen LogP contribution in [0.25, 0.3) is 27.6 Å². The first kappa shape index (κ1) is 33.7. The Hall–Kier alpha value is -6.43. The number of hydrogen-bond donors (Lipinski definition) is 2. The molecule has 3 amide bonds. The minimum Gasteiger partial charge on any atom is -0.369 e. The molecule has 6 aromatic rings. The number of halogens is 3. The number of hydrogen-bond acceptors (Lipinski definition) is 7. The van der Waals surface area contributed by atoms with Crippen LogP contribution in [0, 0.1) is 17.8 Å². The highest BCUT2D eigenvalue weighted by Crippen LogP contribution is 2.37. The van der Waals surface area contributed by atoms with E-state index in [4.69, 9.17) is 0 Å². The number of fused-ring (bicyclic) bond motifs is 3. The van der Waals surface area contributed by atoms with E-state index in [0.717, 1.165) is 39.8 Å². The summed E-state index contributed by atoms with van der Waals surface area (Å²) in [6, 6.07) is 14.0. The molecule has 15 heteroatoms. The highest BCUT2D eigenvalue weighted by Gasteiger charge is 2.35. The van der Waals surface area contributed by atoms with Crippen LogP contribution in [0.1, 0.15) is 43.9 Å². The van der Waals surface area contributed by atoms with E-state index < -0.39 is 29.2 Å². The lowest BCUT2D eigenvalue weighted by Gasteiger charge is -2.38. The molecule has 0 spiro atoms. The molecule has 2 aliphatic heterocycles. The fourth-order valence-corrected chi connectivity index (χ4v) is 6.77. The number of carbonyl (C=O) groups is 3. The molecule has 2 saturated heterocycles. The summed E-state index contributed by atoms with van der Waals surface area (Å²) in [5.74, 6) is 5.49. The average molecular weight is 720 g/mol. The highest BCUT2D eigenvalue weighted by molar-refractivity contribution is 6.09. The molecule has 2 aromatic carbocycles. The minimum atomic E-state index is -4.57. The van der Waals surface area contributed by atoms with Gasteiger partial charge in [0.25, 0.3) is 5.91 Å². The number of alkyl halides is 3. The molecule has 12 nitrogen and oxygen atoms in total. The molecule has 8 rings (SSSR count). The molecular formula is C38H32F3N9O3. The van der Waals surface area contributed by atoms with Gasteiger partial charge < -0.3 is 14.8 Å². The number of carbonyl (C=O) groups excluding carboxylic acids is 3. The zero-order chi connectivity index (χ0) is 37.1. The monoisotopic (exact) mass is 719 g/mol. The number of nitrogens with zero attached hydrogens (tertiary/aromatic N) is 7. The Bertz CT molecular complexity index is 2480. The lowest BCUT2D eigenvalue weighted by molar-refractivity contribution is -0.138.